The molecule has 0 radical (unpaired) electrons. The Hall–Kier alpha value is -4.97. The molecule has 2 saturated heterocycles. The Morgan fingerprint density at radius 2 is 1.93 bits per heavy atom. The normalized spacial score (nSPS) is 20.8. The molecule has 328 valence electrons. The molecule has 17 heteroatoms. The van der Waals surface area contributed by atoms with Crippen molar-refractivity contribution in [1.29, 1.82) is 0 Å². The number of methoxy groups -OCH3 is 2. The van der Waals surface area contributed by atoms with Gasteiger partial charge in [-0.25, -0.2) is 20.2 Å². The number of likely N-dealkylation sites (N-methyl/N-ethyl adjacent to an activating group) is 1. The number of fused-ring (bicyclic) bond motifs is 6. The van der Waals surface area contributed by atoms with Gasteiger partial charge in [-0.05, 0) is 62.8 Å². The minimum Gasteiger partial charge on any atom is -0.464 e. The number of aromatic nitrogens is 4. The van der Waals surface area contributed by atoms with Gasteiger partial charge in [-0.3, -0.25) is 24.4 Å². The van der Waals surface area contributed by atoms with Crippen molar-refractivity contribution in [1.82, 2.24) is 45.1 Å². The number of cyclic esters (lactones) is 1. The molecule has 6 bridgehead atoms. The molecule has 4 aromatic heterocycles. The van der Waals surface area contributed by atoms with Gasteiger partial charge in [0.25, 0.3) is 5.91 Å². The number of aryl methyl sites for hydroxylation is 1. The Morgan fingerprint density at radius 1 is 1.16 bits per heavy atom. The standard InChI is InChI=1S/C44H59N9O7S/c1-10-52-38(29-13-11-15-45-36(29)26(4)58-8)31-19-44(5,6)24-60-42(56)32-14-12-16-53(49-32)41(55)33(18-35-47-34(23-61-35)27-17-30(31)39(52)46-20-27)48-40(54)37(25(2)3)50(7)43(57)51-21-28(22-51)59-9/h11,13,15,17,20,23,25-26,28,32-33,37,49H,10,12,14,16,18-19,21-22,24H2,1-9H3,(H,48,54)/t26-,32-,33-,37-/m0/s1. The molecule has 7 heterocycles. The van der Waals surface area contributed by atoms with Crippen LogP contribution in [0.15, 0.2) is 36.0 Å². The van der Waals surface area contributed by atoms with E-state index < -0.39 is 41.3 Å². The molecule has 3 aliphatic rings. The predicted octanol–water partition coefficient (Wildman–Crippen LogP) is 5.00. The molecule has 0 aliphatic carbocycles. The number of nitrogens with zero attached hydrogens (tertiary/aromatic N) is 7. The number of pyridine rings is 2. The van der Waals surface area contributed by atoms with Crippen LogP contribution in [0.5, 0.6) is 0 Å². The Morgan fingerprint density at radius 3 is 2.64 bits per heavy atom. The van der Waals surface area contributed by atoms with Crippen LogP contribution in [0.25, 0.3) is 33.5 Å². The highest BCUT2D eigenvalue weighted by Crippen LogP contribution is 2.41. The van der Waals surface area contributed by atoms with E-state index in [0.717, 1.165) is 39.1 Å². The highest BCUT2D eigenvalue weighted by molar-refractivity contribution is 7.10. The minimum absolute atomic E-state index is 0.0407. The van der Waals surface area contributed by atoms with Crippen LogP contribution >= 0.6 is 11.3 Å². The molecule has 0 unspecified atom stereocenters. The summed E-state index contributed by atoms with van der Waals surface area (Å²) in [6.07, 6.45) is 4.95. The minimum atomic E-state index is -1.06. The lowest BCUT2D eigenvalue weighted by molar-refractivity contribution is -0.155. The van der Waals surface area contributed by atoms with Crippen LogP contribution in [0.2, 0.25) is 0 Å². The van der Waals surface area contributed by atoms with E-state index in [1.165, 1.54) is 21.2 Å². The topological polar surface area (TPSA) is 173 Å². The van der Waals surface area contributed by atoms with Crippen LogP contribution in [-0.4, -0.2) is 130 Å². The van der Waals surface area contributed by atoms with E-state index in [-0.39, 0.29) is 37.2 Å². The molecule has 4 amide bonds. The molecule has 7 rings (SSSR count). The zero-order valence-corrected chi connectivity index (χ0v) is 37.5. The molecule has 61 heavy (non-hydrogen) atoms. The van der Waals surface area contributed by atoms with Crippen molar-refractivity contribution in [3.8, 4) is 22.5 Å². The van der Waals surface area contributed by atoms with Crippen LogP contribution in [-0.2, 0) is 48.0 Å². The first-order chi connectivity index (χ1) is 29.1. The van der Waals surface area contributed by atoms with Gasteiger partial charge in [-0.2, -0.15) is 0 Å². The summed E-state index contributed by atoms with van der Waals surface area (Å²) in [5.74, 6) is -1.60. The average molecular weight is 858 g/mol. The van der Waals surface area contributed by atoms with Crippen molar-refractivity contribution in [3.63, 3.8) is 0 Å². The van der Waals surface area contributed by atoms with Crippen molar-refractivity contribution in [2.45, 2.75) is 104 Å². The zero-order chi connectivity index (χ0) is 43.7. The van der Waals surface area contributed by atoms with Crippen molar-refractivity contribution in [2.75, 3.05) is 47.5 Å². The Bertz CT molecular complexity index is 2270. The summed E-state index contributed by atoms with van der Waals surface area (Å²) in [5, 5.41) is 7.95. The van der Waals surface area contributed by atoms with Gasteiger partial charge in [-0.1, -0.05) is 27.7 Å². The maximum Gasteiger partial charge on any atom is 0.324 e. The molecule has 3 aliphatic heterocycles. The van der Waals surface area contributed by atoms with Gasteiger partial charge in [0.2, 0.25) is 5.91 Å². The predicted molar refractivity (Wildman–Crippen MR) is 231 cm³/mol. The van der Waals surface area contributed by atoms with Crippen molar-refractivity contribution in [3.05, 3.63) is 52.2 Å². The van der Waals surface area contributed by atoms with E-state index in [0.29, 0.717) is 56.1 Å². The first-order valence-electron chi connectivity index (χ1n) is 21.2. The maximum atomic E-state index is 14.5. The number of thiazole rings is 1. The quantitative estimate of drug-likeness (QED) is 0.217. The number of urea groups is 1. The smallest absolute Gasteiger partial charge is 0.324 e. The van der Waals surface area contributed by atoms with Crippen molar-refractivity contribution < 1.29 is 33.4 Å². The summed E-state index contributed by atoms with van der Waals surface area (Å²) in [6, 6.07) is 3.13. The maximum absolute atomic E-state index is 14.5. The summed E-state index contributed by atoms with van der Waals surface area (Å²) >= 11 is 1.39. The average Bonchev–Trinajstić information content (AvgIpc) is 3.82. The number of esters is 1. The molecule has 0 saturated carbocycles. The van der Waals surface area contributed by atoms with Gasteiger partial charge < -0.3 is 33.9 Å². The number of nitrogens with one attached hydrogen (secondary N) is 2. The summed E-state index contributed by atoms with van der Waals surface area (Å²) in [4.78, 5) is 74.0. The lowest BCUT2D eigenvalue weighted by Gasteiger charge is -2.42. The van der Waals surface area contributed by atoms with E-state index in [4.69, 9.17) is 29.2 Å². The van der Waals surface area contributed by atoms with Crippen LogP contribution in [0.1, 0.15) is 76.8 Å². The third-order valence-electron chi connectivity index (χ3n) is 12.1. The van der Waals surface area contributed by atoms with E-state index in [2.05, 4.69) is 48.2 Å². The molecule has 16 nitrogen and oxygen atoms in total. The van der Waals surface area contributed by atoms with E-state index >= 15 is 0 Å². The molecule has 4 atom stereocenters. The number of hydrogen-bond donors (Lipinski definition) is 2. The molecular formula is C44H59N9O7S. The van der Waals surface area contributed by atoms with Gasteiger partial charge in [0, 0.05) is 80.5 Å². The highest BCUT2D eigenvalue weighted by atomic mass is 32.1. The Kier molecular flexibility index (Phi) is 13.1. The molecule has 0 aromatic carbocycles. The van der Waals surface area contributed by atoms with Gasteiger partial charge >= 0.3 is 12.0 Å². The van der Waals surface area contributed by atoms with Crippen LogP contribution in [0, 0.1) is 11.3 Å². The fourth-order valence-electron chi connectivity index (χ4n) is 8.66. The largest absolute Gasteiger partial charge is 0.464 e. The number of likely N-dealkylation sites (tertiary alicyclic amines) is 1. The molecule has 4 aromatic rings. The first-order valence-corrected chi connectivity index (χ1v) is 22.1. The van der Waals surface area contributed by atoms with Gasteiger partial charge in [0.1, 0.15) is 23.8 Å². The summed E-state index contributed by atoms with van der Waals surface area (Å²) < 4.78 is 19.4. The van der Waals surface area contributed by atoms with Crippen LogP contribution in [0.3, 0.4) is 0 Å². The number of carbonyl (C=O) groups excluding carboxylic acids is 4. The van der Waals surface area contributed by atoms with Crippen LogP contribution < -0.4 is 10.7 Å². The SMILES string of the molecule is CCn1c(-c2cccnc2[C@H](C)OC)c2c3cc(cnc31)-c1csc(n1)C[C@H](NC(=O)[C@H](C(C)C)N(C)C(=O)N1CC(OC)C1)C(=O)N1CCC[C@H](N1)C(=O)OCC(C)(C)C2. The first kappa shape index (κ1) is 44.1. The second kappa shape index (κ2) is 18.2. The second-order valence-corrected chi connectivity index (χ2v) is 18.4. The third kappa shape index (κ3) is 9.01. The molecular weight excluding hydrogens is 799 g/mol. The van der Waals surface area contributed by atoms with Gasteiger partial charge in [-0.15, -0.1) is 11.3 Å². The fourth-order valence-corrected chi connectivity index (χ4v) is 9.51. The molecule has 2 fully saturated rings. The second-order valence-electron chi connectivity index (χ2n) is 17.5. The van der Waals surface area contributed by atoms with Crippen LogP contribution in [0.4, 0.5) is 4.79 Å². The zero-order valence-electron chi connectivity index (χ0n) is 36.7. The number of ether oxygens (including phenoxy) is 3. The van der Waals surface area contributed by atoms with Crippen molar-refractivity contribution in [2.24, 2.45) is 11.3 Å². The number of amides is 4. The lowest BCUT2D eigenvalue weighted by Crippen LogP contribution is -2.64. The number of hydrogen-bond acceptors (Lipinski definition) is 12. The van der Waals surface area contributed by atoms with Crippen molar-refractivity contribution >= 4 is 46.2 Å². The van der Waals surface area contributed by atoms with Gasteiger partial charge in [0.15, 0.2) is 0 Å². The third-order valence-corrected chi connectivity index (χ3v) is 12.9. The molecule has 2 N–H and O–H groups in total. The highest BCUT2D eigenvalue weighted by Gasteiger charge is 2.40. The monoisotopic (exact) mass is 857 g/mol. The summed E-state index contributed by atoms with van der Waals surface area (Å²) in [6.45, 7) is 14.0. The fraction of sp³-hybridized carbons (Fsp3) is 0.568. The Balaban J connectivity index is 1.29. The van der Waals surface area contributed by atoms with E-state index in [1.807, 2.05) is 38.4 Å². The number of rotatable bonds is 9. The molecule has 0 spiro atoms. The lowest BCUT2D eigenvalue weighted by atomic mass is 9.84. The Labute approximate surface area is 361 Å². The van der Waals surface area contributed by atoms with E-state index in [9.17, 15) is 19.2 Å². The summed E-state index contributed by atoms with van der Waals surface area (Å²) in [5.41, 5.74) is 8.70. The number of carbonyl (C=O) groups is 4. The summed E-state index contributed by atoms with van der Waals surface area (Å²) in [7, 11) is 4.89. The van der Waals surface area contributed by atoms with Gasteiger partial charge in [0.05, 0.1) is 54.0 Å². The van der Waals surface area contributed by atoms with E-state index in [1.54, 1.807) is 32.4 Å². The number of hydrazine groups is 1.